The molecule has 1 aromatic heterocycles. The number of hydrogen-bond donors (Lipinski definition) is 1. The van der Waals surface area contributed by atoms with Crippen LogP contribution in [0.1, 0.15) is 19.4 Å². The lowest BCUT2D eigenvalue weighted by Crippen LogP contribution is -2.32. The maximum atomic E-state index is 13.8. The summed E-state index contributed by atoms with van der Waals surface area (Å²) in [6.07, 6.45) is 1.62. The predicted octanol–water partition coefficient (Wildman–Crippen LogP) is 2.92. The number of rotatable bonds is 6. The first kappa shape index (κ1) is 15.4. The Morgan fingerprint density at radius 2 is 2.14 bits per heavy atom. The van der Waals surface area contributed by atoms with Gasteiger partial charge in [-0.3, -0.25) is 14.7 Å². The normalized spacial score (nSPS) is 11.5. The molecule has 21 heavy (non-hydrogen) atoms. The molecule has 0 amide bonds. The van der Waals surface area contributed by atoms with Crippen molar-refractivity contribution < 1.29 is 14.3 Å². The molecular formula is C16H19FN2O2. The molecule has 2 aromatic rings. The highest BCUT2D eigenvalue weighted by atomic mass is 19.1. The zero-order chi connectivity index (χ0) is 15.4. The first-order valence-corrected chi connectivity index (χ1v) is 6.93. The molecule has 5 heteroatoms. The zero-order valence-corrected chi connectivity index (χ0v) is 12.2. The highest BCUT2D eigenvalue weighted by Crippen LogP contribution is 2.21. The molecule has 0 aliphatic carbocycles. The van der Waals surface area contributed by atoms with Crippen LogP contribution < -0.4 is 0 Å². The van der Waals surface area contributed by atoms with E-state index in [1.807, 2.05) is 18.7 Å². The molecule has 0 bridgehead atoms. The maximum Gasteiger partial charge on any atom is 0.317 e. The van der Waals surface area contributed by atoms with E-state index in [9.17, 15) is 9.18 Å². The van der Waals surface area contributed by atoms with Crippen LogP contribution in [0.25, 0.3) is 10.9 Å². The average Bonchev–Trinajstić information content (AvgIpc) is 2.41. The molecule has 0 saturated heterocycles. The standard InChI is InChI=1S/C16H19FN2O2/c1-11(2)8-19(10-15(20)21)9-12-5-6-14(17)13-4-3-7-18-16(12)13/h3-7,11H,8-10H2,1-2H3,(H,20,21). The number of nitrogens with zero attached hydrogens (tertiary/aromatic N) is 2. The Morgan fingerprint density at radius 3 is 2.81 bits per heavy atom. The number of hydrogen-bond acceptors (Lipinski definition) is 3. The Morgan fingerprint density at radius 1 is 1.38 bits per heavy atom. The summed E-state index contributed by atoms with van der Waals surface area (Å²) in [5.74, 6) is -0.824. The zero-order valence-electron chi connectivity index (χ0n) is 12.2. The van der Waals surface area contributed by atoms with Crippen LogP contribution in [-0.4, -0.2) is 34.0 Å². The van der Waals surface area contributed by atoms with Crippen LogP contribution in [0, 0.1) is 11.7 Å². The van der Waals surface area contributed by atoms with Crippen molar-refractivity contribution in [1.29, 1.82) is 0 Å². The highest BCUT2D eigenvalue weighted by molar-refractivity contribution is 5.82. The van der Waals surface area contributed by atoms with Gasteiger partial charge in [0.15, 0.2) is 0 Å². The van der Waals surface area contributed by atoms with Crippen LogP contribution in [0.5, 0.6) is 0 Å². The van der Waals surface area contributed by atoms with Gasteiger partial charge < -0.3 is 5.11 Å². The minimum Gasteiger partial charge on any atom is -0.480 e. The molecule has 0 fully saturated rings. The van der Waals surface area contributed by atoms with Gasteiger partial charge >= 0.3 is 5.97 Å². The molecule has 0 aliphatic rings. The number of aliphatic carboxylic acids is 1. The molecule has 4 nitrogen and oxygen atoms in total. The van der Waals surface area contributed by atoms with Crippen LogP contribution in [0.4, 0.5) is 4.39 Å². The topological polar surface area (TPSA) is 53.4 Å². The summed E-state index contributed by atoms with van der Waals surface area (Å²) in [5.41, 5.74) is 1.44. The fourth-order valence-corrected chi connectivity index (χ4v) is 2.46. The average molecular weight is 290 g/mol. The van der Waals surface area contributed by atoms with Crippen molar-refractivity contribution in [1.82, 2.24) is 9.88 Å². The van der Waals surface area contributed by atoms with Crippen LogP contribution in [0.3, 0.4) is 0 Å². The van der Waals surface area contributed by atoms with Gasteiger partial charge in [0, 0.05) is 24.7 Å². The lowest BCUT2D eigenvalue weighted by molar-refractivity contribution is -0.138. The maximum absolute atomic E-state index is 13.8. The van der Waals surface area contributed by atoms with Crippen molar-refractivity contribution in [3.63, 3.8) is 0 Å². The minimum atomic E-state index is -0.866. The number of fused-ring (bicyclic) bond motifs is 1. The van der Waals surface area contributed by atoms with Gasteiger partial charge in [-0.25, -0.2) is 4.39 Å². The third-order valence-electron chi connectivity index (χ3n) is 3.18. The van der Waals surface area contributed by atoms with E-state index in [1.54, 1.807) is 24.4 Å². The molecule has 1 N–H and O–H groups in total. The van der Waals surface area contributed by atoms with Crippen LogP contribution in [0.15, 0.2) is 30.5 Å². The van der Waals surface area contributed by atoms with E-state index in [0.29, 0.717) is 29.9 Å². The number of aromatic nitrogens is 1. The van der Waals surface area contributed by atoms with E-state index in [-0.39, 0.29) is 12.4 Å². The second kappa shape index (κ2) is 6.63. The van der Waals surface area contributed by atoms with Crippen molar-refractivity contribution in [3.8, 4) is 0 Å². The summed E-state index contributed by atoms with van der Waals surface area (Å²) in [6.45, 7) is 5.14. The fraction of sp³-hybridized carbons (Fsp3) is 0.375. The molecule has 1 aromatic carbocycles. The van der Waals surface area contributed by atoms with Crippen molar-refractivity contribution >= 4 is 16.9 Å². The smallest absolute Gasteiger partial charge is 0.317 e. The van der Waals surface area contributed by atoms with Gasteiger partial charge in [0.25, 0.3) is 0 Å². The fourth-order valence-electron chi connectivity index (χ4n) is 2.46. The monoisotopic (exact) mass is 290 g/mol. The largest absolute Gasteiger partial charge is 0.480 e. The van der Waals surface area contributed by atoms with Gasteiger partial charge in [0.2, 0.25) is 0 Å². The first-order valence-electron chi connectivity index (χ1n) is 6.93. The summed E-state index contributed by atoms with van der Waals surface area (Å²) in [4.78, 5) is 17.1. The molecule has 0 spiro atoms. The Hall–Kier alpha value is -2.01. The molecule has 0 aliphatic heterocycles. The predicted molar refractivity (Wildman–Crippen MR) is 79.5 cm³/mol. The number of pyridine rings is 1. The quantitative estimate of drug-likeness (QED) is 0.888. The van der Waals surface area contributed by atoms with E-state index in [1.165, 1.54) is 6.07 Å². The second-order valence-corrected chi connectivity index (χ2v) is 5.56. The minimum absolute atomic E-state index is 0.0378. The molecular weight excluding hydrogens is 271 g/mol. The summed E-state index contributed by atoms with van der Waals surface area (Å²) in [7, 11) is 0. The Balaban J connectivity index is 2.32. The van der Waals surface area contributed by atoms with Crippen LogP contribution >= 0.6 is 0 Å². The van der Waals surface area contributed by atoms with E-state index < -0.39 is 5.97 Å². The molecule has 0 unspecified atom stereocenters. The van der Waals surface area contributed by atoms with Crippen molar-refractivity contribution in [3.05, 3.63) is 41.8 Å². The molecule has 112 valence electrons. The van der Waals surface area contributed by atoms with Gasteiger partial charge in [-0.1, -0.05) is 19.9 Å². The van der Waals surface area contributed by atoms with Gasteiger partial charge in [-0.2, -0.15) is 0 Å². The number of halogens is 1. The molecule has 0 saturated carbocycles. The summed E-state index contributed by atoms with van der Waals surface area (Å²) in [5, 5.41) is 9.48. The third kappa shape index (κ3) is 3.98. The number of benzene rings is 1. The number of carboxylic acid groups (broad SMARTS) is 1. The first-order chi connectivity index (χ1) is 9.97. The lowest BCUT2D eigenvalue weighted by atomic mass is 10.1. The van der Waals surface area contributed by atoms with E-state index in [2.05, 4.69) is 4.98 Å². The van der Waals surface area contributed by atoms with E-state index >= 15 is 0 Å². The molecule has 0 radical (unpaired) electrons. The van der Waals surface area contributed by atoms with Crippen LogP contribution in [0.2, 0.25) is 0 Å². The highest BCUT2D eigenvalue weighted by Gasteiger charge is 2.15. The number of carbonyl (C=O) groups is 1. The van der Waals surface area contributed by atoms with Crippen LogP contribution in [-0.2, 0) is 11.3 Å². The summed E-state index contributed by atoms with van der Waals surface area (Å²) < 4.78 is 13.8. The number of carboxylic acids is 1. The summed E-state index contributed by atoms with van der Waals surface area (Å²) in [6, 6.07) is 6.47. The Kier molecular flexibility index (Phi) is 4.85. The van der Waals surface area contributed by atoms with Gasteiger partial charge in [-0.15, -0.1) is 0 Å². The Bertz CT molecular complexity index is 643. The van der Waals surface area contributed by atoms with Gasteiger partial charge in [0.05, 0.1) is 12.1 Å². The van der Waals surface area contributed by atoms with E-state index in [0.717, 1.165) is 5.56 Å². The van der Waals surface area contributed by atoms with Gasteiger partial charge in [-0.05, 0) is 29.7 Å². The Labute approximate surface area is 123 Å². The molecule has 2 rings (SSSR count). The second-order valence-electron chi connectivity index (χ2n) is 5.56. The van der Waals surface area contributed by atoms with E-state index in [4.69, 9.17) is 5.11 Å². The van der Waals surface area contributed by atoms with Crippen molar-refractivity contribution in [2.45, 2.75) is 20.4 Å². The SMILES string of the molecule is CC(C)CN(CC(=O)O)Cc1ccc(F)c2cccnc12. The van der Waals surface area contributed by atoms with Crippen molar-refractivity contribution in [2.24, 2.45) is 5.92 Å². The lowest BCUT2D eigenvalue weighted by Gasteiger charge is -2.22. The molecule has 0 atom stereocenters. The van der Waals surface area contributed by atoms with Gasteiger partial charge in [0.1, 0.15) is 5.82 Å². The third-order valence-corrected chi connectivity index (χ3v) is 3.18. The molecule has 1 heterocycles. The summed E-state index contributed by atoms with van der Waals surface area (Å²) >= 11 is 0. The van der Waals surface area contributed by atoms with Crippen molar-refractivity contribution in [2.75, 3.05) is 13.1 Å².